The van der Waals surface area contributed by atoms with E-state index in [-0.39, 0.29) is 23.8 Å². The molecule has 0 radical (unpaired) electrons. The summed E-state index contributed by atoms with van der Waals surface area (Å²) in [5.41, 5.74) is 7.89. The topological polar surface area (TPSA) is 79.2 Å². The molecule has 2 heterocycles. The van der Waals surface area contributed by atoms with Crippen LogP contribution in [0.5, 0.6) is 0 Å². The van der Waals surface area contributed by atoms with Crippen LogP contribution in [0.3, 0.4) is 0 Å². The first-order valence-electron chi connectivity index (χ1n) is 8.13. The number of halogens is 2. The molecule has 0 spiro atoms. The van der Waals surface area contributed by atoms with E-state index < -0.39 is 22.2 Å². The van der Waals surface area contributed by atoms with E-state index in [4.69, 9.17) is 5.73 Å². The lowest BCUT2D eigenvalue weighted by atomic mass is 10.1. The Morgan fingerprint density at radius 2 is 1.85 bits per heavy atom. The molecule has 3 N–H and O–H groups in total. The SMILES string of the molecule is N[C@@H]1CN(S(=O)(=O)c2ccc(-c3c[nH]c4cc(F)ccc34)cc2)C[C@H]1F. The Morgan fingerprint density at radius 1 is 1.12 bits per heavy atom. The van der Waals surface area contributed by atoms with Crippen LogP contribution >= 0.6 is 0 Å². The predicted molar refractivity (Wildman–Crippen MR) is 95.3 cm³/mol. The van der Waals surface area contributed by atoms with E-state index in [0.29, 0.717) is 5.52 Å². The van der Waals surface area contributed by atoms with Crippen LogP contribution in [0.25, 0.3) is 22.0 Å². The zero-order chi connectivity index (χ0) is 18.5. The molecule has 136 valence electrons. The highest BCUT2D eigenvalue weighted by molar-refractivity contribution is 7.89. The number of nitrogens with zero attached hydrogens (tertiary/aromatic N) is 1. The molecule has 1 fully saturated rings. The van der Waals surface area contributed by atoms with Crippen molar-refractivity contribution in [1.29, 1.82) is 0 Å². The summed E-state index contributed by atoms with van der Waals surface area (Å²) in [6.45, 7) is -0.251. The van der Waals surface area contributed by atoms with E-state index in [1.807, 2.05) is 0 Å². The van der Waals surface area contributed by atoms with Gasteiger partial charge in [-0.3, -0.25) is 0 Å². The lowest BCUT2D eigenvalue weighted by Crippen LogP contribution is -2.32. The van der Waals surface area contributed by atoms with Crippen LogP contribution in [0.2, 0.25) is 0 Å². The van der Waals surface area contributed by atoms with Gasteiger partial charge in [0.1, 0.15) is 12.0 Å². The van der Waals surface area contributed by atoms with Crippen molar-refractivity contribution in [3.8, 4) is 11.1 Å². The Labute approximate surface area is 149 Å². The van der Waals surface area contributed by atoms with Gasteiger partial charge in [0, 0.05) is 35.8 Å². The number of nitrogens with one attached hydrogen (secondary N) is 1. The third kappa shape index (κ3) is 2.80. The third-order valence-corrected chi connectivity index (χ3v) is 6.55. The molecule has 0 saturated carbocycles. The third-order valence-electron chi connectivity index (χ3n) is 4.70. The van der Waals surface area contributed by atoms with Gasteiger partial charge in [0.2, 0.25) is 10.0 Å². The summed E-state index contributed by atoms with van der Waals surface area (Å²) in [4.78, 5) is 3.10. The fraction of sp³-hybridized carbons (Fsp3) is 0.222. The average Bonchev–Trinajstić information content (AvgIpc) is 3.18. The number of aromatic nitrogens is 1. The summed E-state index contributed by atoms with van der Waals surface area (Å²) in [6.07, 6.45) is 0.400. The molecule has 0 amide bonds. The maximum Gasteiger partial charge on any atom is 0.243 e. The lowest BCUT2D eigenvalue weighted by molar-refractivity contribution is 0.322. The fourth-order valence-electron chi connectivity index (χ4n) is 3.24. The molecule has 1 aliphatic heterocycles. The summed E-state index contributed by atoms with van der Waals surface area (Å²) < 4.78 is 53.2. The Morgan fingerprint density at radius 3 is 2.50 bits per heavy atom. The second kappa shape index (κ2) is 6.15. The minimum atomic E-state index is -3.78. The van der Waals surface area contributed by atoms with Gasteiger partial charge in [-0.15, -0.1) is 0 Å². The van der Waals surface area contributed by atoms with Crippen LogP contribution in [-0.4, -0.2) is 43.0 Å². The van der Waals surface area contributed by atoms with E-state index in [2.05, 4.69) is 4.98 Å². The van der Waals surface area contributed by atoms with E-state index in [9.17, 15) is 17.2 Å². The summed E-state index contributed by atoms with van der Waals surface area (Å²) in [6, 6.07) is 10.0. The van der Waals surface area contributed by atoms with Gasteiger partial charge in [-0.25, -0.2) is 17.2 Å². The number of nitrogens with two attached hydrogens (primary N) is 1. The highest BCUT2D eigenvalue weighted by Gasteiger charge is 2.37. The van der Waals surface area contributed by atoms with Crippen molar-refractivity contribution < 1.29 is 17.2 Å². The fourth-order valence-corrected chi connectivity index (χ4v) is 4.73. The standard InChI is InChI=1S/C18H17F2N3O2S/c19-12-3-6-14-15(8-22-18(14)7-12)11-1-4-13(5-2-11)26(24,25)23-9-16(20)17(21)10-23/h1-8,16-17,22H,9-10,21H2/t16-,17-/m1/s1. The zero-order valence-electron chi connectivity index (χ0n) is 13.7. The molecule has 2 aromatic carbocycles. The molecule has 4 rings (SSSR count). The van der Waals surface area contributed by atoms with Crippen LogP contribution in [-0.2, 0) is 10.0 Å². The normalized spacial score (nSPS) is 21.5. The van der Waals surface area contributed by atoms with Gasteiger partial charge in [0.05, 0.1) is 10.9 Å². The molecule has 3 aromatic rings. The highest BCUT2D eigenvalue weighted by atomic mass is 32.2. The average molecular weight is 377 g/mol. The molecule has 0 aliphatic carbocycles. The minimum Gasteiger partial charge on any atom is -0.360 e. The summed E-state index contributed by atoms with van der Waals surface area (Å²) in [7, 11) is -3.78. The quantitative estimate of drug-likeness (QED) is 0.736. The molecule has 1 aliphatic rings. The maximum atomic E-state index is 13.6. The van der Waals surface area contributed by atoms with Crippen LogP contribution in [0, 0.1) is 5.82 Å². The first kappa shape index (κ1) is 17.1. The van der Waals surface area contributed by atoms with E-state index in [0.717, 1.165) is 20.8 Å². The van der Waals surface area contributed by atoms with Crippen LogP contribution in [0.1, 0.15) is 0 Å². The van der Waals surface area contributed by atoms with Gasteiger partial charge in [0.25, 0.3) is 0 Å². The Kier molecular flexibility index (Phi) is 4.06. The molecule has 1 saturated heterocycles. The van der Waals surface area contributed by atoms with E-state index in [1.165, 1.54) is 24.3 Å². The molecule has 8 heteroatoms. The predicted octanol–water partition coefficient (Wildman–Crippen LogP) is 2.64. The molecular formula is C18H17F2N3O2S. The van der Waals surface area contributed by atoms with Crippen molar-refractivity contribution in [2.45, 2.75) is 17.1 Å². The lowest BCUT2D eigenvalue weighted by Gasteiger charge is -2.15. The largest absolute Gasteiger partial charge is 0.360 e. The number of hydrogen-bond acceptors (Lipinski definition) is 3. The number of benzene rings is 2. The van der Waals surface area contributed by atoms with Crippen LogP contribution in [0.4, 0.5) is 8.78 Å². The smallest absolute Gasteiger partial charge is 0.243 e. The summed E-state index contributed by atoms with van der Waals surface area (Å²) in [5.74, 6) is -0.331. The Bertz CT molecular complexity index is 1050. The monoisotopic (exact) mass is 377 g/mol. The van der Waals surface area contributed by atoms with Crippen molar-refractivity contribution >= 4 is 20.9 Å². The summed E-state index contributed by atoms with van der Waals surface area (Å²) >= 11 is 0. The molecule has 1 aromatic heterocycles. The van der Waals surface area contributed by atoms with Crippen molar-refractivity contribution in [2.75, 3.05) is 13.1 Å². The van der Waals surface area contributed by atoms with Gasteiger partial charge >= 0.3 is 0 Å². The number of H-pyrrole nitrogens is 1. The van der Waals surface area contributed by atoms with Gasteiger partial charge < -0.3 is 10.7 Å². The van der Waals surface area contributed by atoms with Crippen LogP contribution in [0.15, 0.2) is 53.6 Å². The molecular weight excluding hydrogens is 360 g/mol. The van der Waals surface area contributed by atoms with E-state index in [1.54, 1.807) is 24.4 Å². The number of sulfonamides is 1. The van der Waals surface area contributed by atoms with Gasteiger partial charge in [-0.1, -0.05) is 12.1 Å². The molecule has 26 heavy (non-hydrogen) atoms. The first-order chi connectivity index (χ1) is 12.4. The number of alkyl halides is 1. The number of aromatic amines is 1. The Balaban J connectivity index is 1.66. The number of rotatable bonds is 3. The van der Waals surface area contributed by atoms with Crippen molar-refractivity contribution in [2.24, 2.45) is 5.73 Å². The molecule has 5 nitrogen and oxygen atoms in total. The number of fused-ring (bicyclic) bond motifs is 1. The van der Waals surface area contributed by atoms with Crippen molar-refractivity contribution in [1.82, 2.24) is 9.29 Å². The molecule has 2 atom stereocenters. The van der Waals surface area contributed by atoms with Crippen LogP contribution < -0.4 is 5.73 Å². The molecule has 0 unspecified atom stereocenters. The summed E-state index contributed by atoms with van der Waals surface area (Å²) in [5, 5.41) is 0.841. The second-order valence-electron chi connectivity index (χ2n) is 6.42. The number of hydrogen-bond donors (Lipinski definition) is 2. The highest BCUT2D eigenvalue weighted by Crippen LogP contribution is 2.30. The molecule has 0 bridgehead atoms. The van der Waals surface area contributed by atoms with Gasteiger partial charge in [-0.05, 0) is 35.9 Å². The van der Waals surface area contributed by atoms with Crippen molar-refractivity contribution in [3.05, 3.63) is 54.5 Å². The van der Waals surface area contributed by atoms with Gasteiger partial charge in [-0.2, -0.15) is 4.31 Å². The minimum absolute atomic E-state index is 0.0285. The maximum absolute atomic E-state index is 13.6. The Hall–Kier alpha value is -2.29. The van der Waals surface area contributed by atoms with Crippen molar-refractivity contribution in [3.63, 3.8) is 0 Å². The van der Waals surface area contributed by atoms with Gasteiger partial charge in [0.15, 0.2) is 0 Å². The first-order valence-corrected chi connectivity index (χ1v) is 9.57. The zero-order valence-corrected chi connectivity index (χ0v) is 14.5. The second-order valence-corrected chi connectivity index (χ2v) is 8.36. The van der Waals surface area contributed by atoms with E-state index >= 15 is 0 Å².